The molecular formula is C16H20N2O5S. The molecule has 3 rings (SSSR count). The summed E-state index contributed by atoms with van der Waals surface area (Å²) in [4.78, 5) is 16.4. The number of ether oxygens (including phenoxy) is 4. The van der Waals surface area contributed by atoms with Gasteiger partial charge in [-0.15, -0.1) is 0 Å². The molecule has 1 aliphatic rings. The molecular weight excluding hydrogens is 332 g/mol. The van der Waals surface area contributed by atoms with Gasteiger partial charge in [-0.2, -0.15) is 0 Å². The minimum atomic E-state index is -0.135. The van der Waals surface area contributed by atoms with E-state index in [2.05, 4.69) is 10.3 Å². The quantitative estimate of drug-likeness (QED) is 0.860. The van der Waals surface area contributed by atoms with E-state index in [4.69, 9.17) is 18.9 Å². The molecule has 1 aromatic carbocycles. The highest BCUT2D eigenvalue weighted by Gasteiger charge is 2.23. The molecule has 1 aromatic heterocycles. The number of nitrogens with one attached hydrogen (secondary N) is 1. The van der Waals surface area contributed by atoms with Crippen molar-refractivity contribution in [2.45, 2.75) is 12.5 Å². The lowest BCUT2D eigenvalue weighted by molar-refractivity contribution is -0.117. The molecule has 0 aliphatic carbocycles. The van der Waals surface area contributed by atoms with Crippen LogP contribution in [0.3, 0.4) is 0 Å². The van der Waals surface area contributed by atoms with Crippen LogP contribution in [0.4, 0.5) is 5.13 Å². The van der Waals surface area contributed by atoms with E-state index in [1.54, 1.807) is 14.2 Å². The van der Waals surface area contributed by atoms with Crippen molar-refractivity contribution in [3.63, 3.8) is 0 Å². The summed E-state index contributed by atoms with van der Waals surface area (Å²) in [6.45, 7) is 2.06. The van der Waals surface area contributed by atoms with Crippen LogP contribution in [-0.4, -0.2) is 51.5 Å². The number of rotatable bonds is 6. The molecule has 130 valence electrons. The van der Waals surface area contributed by atoms with Gasteiger partial charge in [0.1, 0.15) is 17.4 Å². The number of methoxy groups -OCH3 is 2. The SMILES string of the molecule is COCCC(=O)Nc1nc2c(OC)ccc(C3COCCO3)c2s1. The Kier molecular flexibility index (Phi) is 5.62. The summed E-state index contributed by atoms with van der Waals surface area (Å²) in [5, 5.41) is 3.34. The highest BCUT2D eigenvalue weighted by molar-refractivity contribution is 7.22. The predicted molar refractivity (Wildman–Crippen MR) is 90.8 cm³/mol. The maximum atomic E-state index is 11.9. The van der Waals surface area contributed by atoms with Gasteiger partial charge < -0.3 is 24.3 Å². The fourth-order valence-corrected chi connectivity index (χ4v) is 3.57. The van der Waals surface area contributed by atoms with Crippen molar-refractivity contribution in [3.05, 3.63) is 17.7 Å². The zero-order chi connectivity index (χ0) is 16.9. The first-order chi connectivity index (χ1) is 11.7. The topological polar surface area (TPSA) is 78.9 Å². The molecule has 1 amide bonds. The number of aromatic nitrogens is 1. The van der Waals surface area contributed by atoms with Crippen LogP contribution in [0, 0.1) is 0 Å². The Labute approximate surface area is 143 Å². The average Bonchev–Trinajstić information content (AvgIpc) is 3.03. The van der Waals surface area contributed by atoms with Crippen molar-refractivity contribution in [2.75, 3.05) is 46.0 Å². The molecule has 1 unspecified atom stereocenters. The highest BCUT2D eigenvalue weighted by atomic mass is 32.1. The molecule has 1 atom stereocenters. The number of hydrogen-bond donors (Lipinski definition) is 1. The largest absolute Gasteiger partial charge is 0.494 e. The van der Waals surface area contributed by atoms with E-state index in [1.807, 2.05) is 12.1 Å². The molecule has 1 fully saturated rings. The van der Waals surface area contributed by atoms with Crippen molar-refractivity contribution in [2.24, 2.45) is 0 Å². The third-order valence-corrected chi connectivity index (χ3v) is 4.72. The highest BCUT2D eigenvalue weighted by Crippen LogP contribution is 2.38. The Bertz CT molecular complexity index is 712. The number of amides is 1. The van der Waals surface area contributed by atoms with E-state index in [9.17, 15) is 4.79 Å². The van der Waals surface area contributed by atoms with Gasteiger partial charge in [-0.25, -0.2) is 4.98 Å². The lowest BCUT2D eigenvalue weighted by Gasteiger charge is -2.23. The summed E-state index contributed by atoms with van der Waals surface area (Å²) in [6, 6.07) is 3.83. The molecule has 0 radical (unpaired) electrons. The maximum Gasteiger partial charge on any atom is 0.228 e. The van der Waals surface area contributed by atoms with E-state index < -0.39 is 0 Å². The summed E-state index contributed by atoms with van der Waals surface area (Å²) in [5.41, 5.74) is 1.72. The van der Waals surface area contributed by atoms with Gasteiger partial charge in [0.15, 0.2) is 5.13 Å². The van der Waals surface area contributed by atoms with Gasteiger partial charge in [0.25, 0.3) is 0 Å². The summed E-state index contributed by atoms with van der Waals surface area (Å²) in [7, 11) is 3.17. The van der Waals surface area contributed by atoms with Crippen LogP contribution < -0.4 is 10.1 Å². The van der Waals surface area contributed by atoms with Gasteiger partial charge in [0, 0.05) is 12.7 Å². The van der Waals surface area contributed by atoms with Crippen molar-refractivity contribution < 1.29 is 23.7 Å². The second-order valence-electron chi connectivity index (χ2n) is 5.28. The van der Waals surface area contributed by atoms with Crippen LogP contribution in [-0.2, 0) is 19.0 Å². The Morgan fingerprint density at radius 2 is 2.29 bits per heavy atom. The number of thiazole rings is 1. The summed E-state index contributed by atoms with van der Waals surface area (Å²) >= 11 is 1.41. The lowest BCUT2D eigenvalue weighted by atomic mass is 10.1. The number of benzene rings is 1. The van der Waals surface area contributed by atoms with Gasteiger partial charge in [0.2, 0.25) is 5.91 Å². The standard InChI is InChI=1S/C16H20N2O5S/c1-20-6-5-13(19)17-16-18-14-11(21-2)4-3-10(15(14)24-16)12-9-22-7-8-23-12/h3-4,12H,5-9H2,1-2H3,(H,17,18,19). The fourth-order valence-electron chi connectivity index (χ4n) is 2.52. The van der Waals surface area contributed by atoms with Crippen LogP contribution in [0.15, 0.2) is 12.1 Å². The zero-order valence-corrected chi connectivity index (χ0v) is 14.5. The van der Waals surface area contributed by atoms with E-state index >= 15 is 0 Å². The van der Waals surface area contributed by atoms with Crippen LogP contribution in [0.1, 0.15) is 18.1 Å². The third kappa shape index (κ3) is 3.67. The predicted octanol–water partition coefficient (Wildman–Crippen LogP) is 2.37. The Balaban J connectivity index is 1.91. The number of fused-ring (bicyclic) bond motifs is 1. The van der Waals surface area contributed by atoms with E-state index in [0.717, 1.165) is 15.8 Å². The Hall–Kier alpha value is -1.74. The van der Waals surface area contributed by atoms with Crippen LogP contribution in [0.25, 0.3) is 10.2 Å². The Morgan fingerprint density at radius 3 is 3.00 bits per heavy atom. The molecule has 1 N–H and O–H groups in total. The molecule has 2 aromatic rings. The van der Waals surface area contributed by atoms with Gasteiger partial charge in [-0.1, -0.05) is 17.4 Å². The van der Waals surface area contributed by atoms with Gasteiger partial charge in [-0.05, 0) is 6.07 Å². The normalized spacial score (nSPS) is 17.8. The molecule has 7 nitrogen and oxygen atoms in total. The number of hydrogen-bond acceptors (Lipinski definition) is 7. The van der Waals surface area contributed by atoms with Gasteiger partial charge >= 0.3 is 0 Å². The summed E-state index contributed by atoms with van der Waals surface area (Å²) in [6.07, 6.45) is 0.153. The first kappa shape index (κ1) is 17.1. The first-order valence-electron chi connectivity index (χ1n) is 7.68. The van der Waals surface area contributed by atoms with Gasteiger partial charge in [0.05, 0.1) is 44.7 Å². The van der Waals surface area contributed by atoms with Crippen molar-refractivity contribution in [1.29, 1.82) is 0 Å². The monoisotopic (exact) mass is 352 g/mol. The maximum absolute atomic E-state index is 11.9. The minimum absolute atomic E-state index is 0.131. The third-order valence-electron chi connectivity index (χ3n) is 3.70. The number of nitrogens with zero attached hydrogens (tertiary/aromatic N) is 1. The number of carbonyl (C=O) groups excluding carboxylic acids is 1. The summed E-state index contributed by atoms with van der Waals surface area (Å²) in [5.74, 6) is 0.535. The second kappa shape index (κ2) is 7.89. The fraction of sp³-hybridized carbons (Fsp3) is 0.500. The van der Waals surface area contributed by atoms with Crippen molar-refractivity contribution in [3.8, 4) is 5.75 Å². The number of anilines is 1. The average molecular weight is 352 g/mol. The first-order valence-corrected chi connectivity index (χ1v) is 8.50. The second-order valence-corrected chi connectivity index (χ2v) is 6.28. The molecule has 0 bridgehead atoms. The number of carbonyl (C=O) groups is 1. The zero-order valence-electron chi connectivity index (χ0n) is 13.7. The van der Waals surface area contributed by atoms with Crippen LogP contribution >= 0.6 is 11.3 Å². The molecule has 24 heavy (non-hydrogen) atoms. The minimum Gasteiger partial charge on any atom is -0.494 e. The van der Waals surface area contributed by atoms with E-state index in [1.165, 1.54) is 11.3 Å². The molecule has 0 spiro atoms. The molecule has 1 aliphatic heterocycles. The molecule has 0 saturated carbocycles. The molecule has 8 heteroatoms. The van der Waals surface area contributed by atoms with Crippen molar-refractivity contribution >= 4 is 32.6 Å². The summed E-state index contributed by atoms with van der Waals surface area (Å²) < 4.78 is 22.5. The molecule has 1 saturated heterocycles. The lowest BCUT2D eigenvalue weighted by Crippen LogP contribution is -2.21. The van der Waals surface area contributed by atoms with Crippen LogP contribution in [0.2, 0.25) is 0 Å². The smallest absolute Gasteiger partial charge is 0.228 e. The molecule has 2 heterocycles. The van der Waals surface area contributed by atoms with Crippen LogP contribution in [0.5, 0.6) is 5.75 Å². The van der Waals surface area contributed by atoms with E-state index in [0.29, 0.717) is 37.3 Å². The van der Waals surface area contributed by atoms with Crippen molar-refractivity contribution in [1.82, 2.24) is 4.98 Å². The van der Waals surface area contributed by atoms with E-state index in [-0.39, 0.29) is 18.4 Å². The van der Waals surface area contributed by atoms with Gasteiger partial charge in [-0.3, -0.25) is 4.79 Å². The Morgan fingerprint density at radius 1 is 1.42 bits per heavy atom.